The van der Waals surface area contributed by atoms with Gasteiger partial charge in [0, 0.05) is 9.52 Å². The molecule has 4 aromatic carbocycles. The number of fused-ring (bicyclic) bond motifs is 2. The van der Waals surface area contributed by atoms with Crippen molar-refractivity contribution in [2.45, 2.75) is 43.5 Å². The second kappa shape index (κ2) is 11.3. The summed E-state index contributed by atoms with van der Waals surface area (Å²) in [5, 5.41) is 0. The van der Waals surface area contributed by atoms with Crippen molar-refractivity contribution in [2.24, 2.45) is 0 Å². The Morgan fingerprint density at radius 1 is 0.526 bits per heavy atom. The normalized spacial score (nSPS) is 17.6. The van der Waals surface area contributed by atoms with E-state index in [4.69, 9.17) is 0 Å². The van der Waals surface area contributed by atoms with Crippen molar-refractivity contribution in [1.29, 1.82) is 0 Å². The first-order valence-electron chi connectivity index (χ1n) is 13.9. The molecule has 0 N–H and O–H groups in total. The molecule has 0 nitrogen and oxygen atoms in total. The molecule has 0 fully saturated rings. The van der Waals surface area contributed by atoms with Crippen molar-refractivity contribution in [3.05, 3.63) is 130 Å². The first-order chi connectivity index (χ1) is 18.4. The molecule has 0 aromatic heterocycles. The summed E-state index contributed by atoms with van der Waals surface area (Å²) in [5.41, 5.74) is 14.5. The van der Waals surface area contributed by atoms with Crippen LogP contribution in [0.1, 0.15) is 43.4 Å². The fraction of sp³-hybridized carbons (Fsp3) is 0.222. The van der Waals surface area contributed by atoms with Crippen LogP contribution in [-0.4, -0.2) is 9.52 Å². The van der Waals surface area contributed by atoms with Crippen LogP contribution in [0, 0.1) is 0 Å². The SMILES string of the molecule is CC1=Cc2c(-c3ccccc3)cccc2[CH]1[Zr]([CH3])([CH3])[CH]1C(C)=Cc2c(-c3ccccc3)cccc21.C[SiH]C. The monoisotopic (exact) mass is 589 g/mol. The van der Waals surface area contributed by atoms with E-state index < -0.39 is 20.3 Å². The van der Waals surface area contributed by atoms with Crippen LogP contribution in [0.25, 0.3) is 34.4 Å². The Bertz CT molecular complexity index is 1380. The maximum Gasteiger partial charge on any atom is 0.0213 e. The molecule has 2 aliphatic rings. The van der Waals surface area contributed by atoms with Crippen LogP contribution in [0.5, 0.6) is 0 Å². The largest absolute Gasteiger partial charge is 0.0743 e. The predicted molar refractivity (Wildman–Crippen MR) is 167 cm³/mol. The van der Waals surface area contributed by atoms with Crippen LogP contribution in [0.4, 0.5) is 0 Å². The average Bonchev–Trinajstić information content (AvgIpc) is 3.46. The fourth-order valence-corrected chi connectivity index (χ4v) is 19.2. The van der Waals surface area contributed by atoms with Gasteiger partial charge in [-0.05, 0) is 0 Å². The minimum Gasteiger partial charge on any atom is -0.0743 e. The minimum absolute atomic E-state index is 0.586. The van der Waals surface area contributed by atoms with Crippen LogP contribution in [-0.2, 0) is 20.3 Å². The van der Waals surface area contributed by atoms with E-state index in [0.717, 1.165) is 9.52 Å². The Hall–Kier alpha value is -2.54. The van der Waals surface area contributed by atoms with Crippen LogP contribution in [0.15, 0.2) is 108 Å². The molecule has 0 bridgehead atoms. The second-order valence-electron chi connectivity index (χ2n) is 11.4. The zero-order chi connectivity index (χ0) is 26.9. The zero-order valence-electron chi connectivity index (χ0n) is 23.6. The van der Waals surface area contributed by atoms with Gasteiger partial charge in [0.15, 0.2) is 0 Å². The van der Waals surface area contributed by atoms with E-state index >= 15 is 0 Å². The molecule has 0 heterocycles. The molecule has 2 atom stereocenters. The molecular weight excluding hydrogens is 552 g/mol. The van der Waals surface area contributed by atoms with E-state index in [9.17, 15) is 0 Å². The molecule has 4 aromatic rings. The molecule has 0 saturated heterocycles. The number of hydrogen-bond donors (Lipinski definition) is 0. The number of benzene rings is 4. The van der Waals surface area contributed by atoms with E-state index in [1.165, 1.54) is 33.4 Å². The summed E-state index contributed by atoms with van der Waals surface area (Å²) in [4.78, 5) is 0. The third-order valence-corrected chi connectivity index (χ3v) is 19.3. The summed E-state index contributed by atoms with van der Waals surface area (Å²) in [5.74, 6) is 0. The second-order valence-corrected chi connectivity index (χ2v) is 24.3. The van der Waals surface area contributed by atoms with E-state index in [1.807, 2.05) is 0 Å². The van der Waals surface area contributed by atoms with Gasteiger partial charge in [0.05, 0.1) is 0 Å². The van der Waals surface area contributed by atoms with Crippen LogP contribution >= 0.6 is 0 Å². The Kier molecular flexibility index (Phi) is 8.03. The van der Waals surface area contributed by atoms with E-state index in [2.05, 4.69) is 145 Å². The van der Waals surface area contributed by atoms with E-state index in [0.29, 0.717) is 7.25 Å². The summed E-state index contributed by atoms with van der Waals surface area (Å²) in [6, 6.07) is 35.7. The van der Waals surface area contributed by atoms with Crippen LogP contribution in [0.3, 0.4) is 0 Å². The van der Waals surface area contributed by atoms with Gasteiger partial charge in [-0.1, -0.05) is 13.1 Å². The predicted octanol–water partition coefficient (Wildman–Crippen LogP) is 10.4. The summed E-state index contributed by atoms with van der Waals surface area (Å²) >= 11 is -2.81. The topological polar surface area (TPSA) is 0 Å². The summed E-state index contributed by atoms with van der Waals surface area (Å²) in [7, 11) is 0.750. The molecule has 38 heavy (non-hydrogen) atoms. The Morgan fingerprint density at radius 3 is 1.26 bits per heavy atom. The molecule has 191 valence electrons. The third-order valence-electron chi connectivity index (χ3n) is 8.21. The molecule has 0 aliphatic heterocycles. The third kappa shape index (κ3) is 4.83. The van der Waals surface area contributed by atoms with Gasteiger partial charge in [-0.15, -0.1) is 0 Å². The summed E-state index contributed by atoms with van der Waals surface area (Å²) in [6.07, 6.45) is 4.99. The molecule has 2 heteroatoms. The number of hydrogen-bond acceptors (Lipinski definition) is 0. The van der Waals surface area contributed by atoms with Crippen molar-refractivity contribution in [2.75, 3.05) is 0 Å². The quantitative estimate of drug-likeness (QED) is 0.207. The first kappa shape index (κ1) is 27.0. The van der Waals surface area contributed by atoms with E-state index in [1.54, 1.807) is 22.3 Å². The van der Waals surface area contributed by atoms with Gasteiger partial charge >= 0.3 is 215 Å². The van der Waals surface area contributed by atoms with Gasteiger partial charge in [0.2, 0.25) is 0 Å². The van der Waals surface area contributed by atoms with Gasteiger partial charge < -0.3 is 0 Å². The van der Waals surface area contributed by atoms with Crippen LogP contribution < -0.4 is 0 Å². The molecule has 6 rings (SSSR count). The van der Waals surface area contributed by atoms with Gasteiger partial charge in [-0.2, -0.15) is 0 Å². The number of rotatable bonds is 4. The van der Waals surface area contributed by atoms with Crippen molar-refractivity contribution < 1.29 is 20.3 Å². The standard InChI is InChI=1S/2C16H13.C2H7Si.2CH3.Zr/c2*1-12-10-14-8-5-9-15(16(14)11-12)13-6-3-2-4-7-13;1-3-2;;;/h2*2-11H,1H3;3H,1-2H3;2*1H3;. The van der Waals surface area contributed by atoms with Gasteiger partial charge in [0.1, 0.15) is 0 Å². The zero-order valence-corrected chi connectivity index (χ0v) is 27.2. The maximum atomic E-state index is 2.69. The van der Waals surface area contributed by atoms with Crippen LogP contribution in [0.2, 0.25) is 22.4 Å². The number of allylic oxidation sites excluding steroid dienone is 2. The smallest absolute Gasteiger partial charge is 0.0213 e. The summed E-state index contributed by atoms with van der Waals surface area (Å²) < 4.78 is 6.55. The van der Waals surface area contributed by atoms with Gasteiger partial charge in [-0.3, -0.25) is 0 Å². The molecule has 0 spiro atoms. The fourth-order valence-electron chi connectivity index (χ4n) is 6.99. The molecule has 0 saturated carbocycles. The Balaban J connectivity index is 0.000000937. The molecule has 0 amide bonds. The van der Waals surface area contributed by atoms with Crippen molar-refractivity contribution in [3.8, 4) is 22.3 Å². The molecular formula is C36H39SiZr. The minimum atomic E-state index is -2.81. The van der Waals surface area contributed by atoms with E-state index in [-0.39, 0.29) is 0 Å². The average molecular weight is 591 g/mol. The molecule has 2 unspecified atom stereocenters. The van der Waals surface area contributed by atoms with Crippen molar-refractivity contribution in [3.63, 3.8) is 0 Å². The summed E-state index contributed by atoms with van der Waals surface area (Å²) in [6.45, 7) is 9.18. The maximum absolute atomic E-state index is 2.81. The van der Waals surface area contributed by atoms with Crippen molar-refractivity contribution >= 4 is 21.7 Å². The Morgan fingerprint density at radius 2 is 0.895 bits per heavy atom. The van der Waals surface area contributed by atoms with Gasteiger partial charge in [-0.25, -0.2) is 0 Å². The Labute approximate surface area is 236 Å². The van der Waals surface area contributed by atoms with Crippen molar-refractivity contribution in [1.82, 2.24) is 0 Å². The van der Waals surface area contributed by atoms with Gasteiger partial charge in [0.25, 0.3) is 0 Å². The molecule has 1 radical (unpaired) electrons. The first-order valence-corrected chi connectivity index (χ1v) is 23.9. The molecule has 2 aliphatic carbocycles.